The summed E-state index contributed by atoms with van der Waals surface area (Å²) in [7, 11) is 0. The quantitative estimate of drug-likeness (QED) is 0.327. The largest absolute Gasteiger partial charge is 0.489 e. The van der Waals surface area contributed by atoms with E-state index in [9.17, 15) is 9.18 Å². The van der Waals surface area contributed by atoms with Crippen molar-refractivity contribution in [3.8, 4) is 17.1 Å². The number of ether oxygens (including phenoxy) is 1. The third-order valence-corrected chi connectivity index (χ3v) is 6.72. The zero-order chi connectivity index (χ0) is 26.3. The normalized spacial score (nSPS) is 15.8. The Bertz CT molecular complexity index is 1340. The molecule has 38 heavy (non-hydrogen) atoms. The first-order valence-electron chi connectivity index (χ1n) is 12.9. The second-order valence-electron chi connectivity index (χ2n) is 9.73. The molecule has 4 aromatic rings. The van der Waals surface area contributed by atoms with E-state index in [0.717, 1.165) is 41.8 Å². The molecule has 5 rings (SSSR count). The fourth-order valence-corrected chi connectivity index (χ4v) is 4.53. The highest BCUT2D eigenvalue weighted by molar-refractivity contribution is 5.79. The van der Waals surface area contributed by atoms with Crippen LogP contribution in [-0.4, -0.2) is 34.0 Å². The van der Waals surface area contributed by atoms with Crippen LogP contribution in [0.4, 0.5) is 4.39 Å². The van der Waals surface area contributed by atoms with E-state index in [1.165, 1.54) is 17.7 Å². The molecule has 1 fully saturated rings. The maximum absolute atomic E-state index is 13.0. The van der Waals surface area contributed by atoms with Gasteiger partial charge in [-0.05, 0) is 61.7 Å². The number of aromatic nitrogens is 2. The van der Waals surface area contributed by atoms with E-state index < -0.39 is 0 Å². The molecule has 1 atom stereocenters. The molecule has 1 aromatic heterocycles. The van der Waals surface area contributed by atoms with Crippen molar-refractivity contribution in [1.82, 2.24) is 20.4 Å². The van der Waals surface area contributed by atoms with Crippen molar-refractivity contribution < 1.29 is 18.4 Å². The number of hydrogen-bond donors (Lipinski definition) is 1. The van der Waals surface area contributed by atoms with Gasteiger partial charge in [0.15, 0.2) is 0 Å². The van der Waals surface area contributed by atoms with Gasteiger partial charge in [-0.15, -0.1) is 0 Å². The monoisotopic (exact) mass is 514 g/mol. The van der Waals surface area contributed by atoms with E-state index in [1.54, 1.807) is 12.1 Å². The van der Waals surface area contributed by atoms with Crippen LogP contribution in [0.5, 0.6) is 5.75 Å². The van der Waals surface area contributed by atoms with Crippen molar-refractivity contribution in [3.63, 3.8) is 0 Å². The predicted molar refractivity (Wildman–Crippen MR) is 141 cm³/mol. The fraction of sp³-hybridized carbons (Fsp3) is 0.300. The minimum atomic E-state index is -0.264. The number of carbonyl (C=O) groups excluding carboxylic acids is 1. The van der Waals surface area contributed by atoms with Crippen molar-refractivity contribution in [2.75, 3.05) is 13.1 Å². The summed E-state index contributed by atoms with van der Waals surface area (Å²) in [6, 6.07) is 21.9. The van der Waals surface area contributed by atoms with Crippen LogP contribution >= 0.6 is 0 Å². The summed E-state index contributed by atoms with van der Waals surface area (Å²) in [6.45, 7) is 4.94. The molecule has 0 saturated carbocycles. The summed E-state index contributed by atoms with van der Waals surface area (Å²) >= 11 is 0. The van der Waals surface area contributed by atoms with Crippen LogP contribution in [0.3, 0.4) is 0 Å². The van der Waals surface area contributed by atoms with E-state index in [-0.39, 0.29) is 17.6 Å². The van der Waals surface area contributed by atoms with Gasteiger partial charge < -0.3 is 14.6 Å². The number of likely N-dealkylation sites (tertiary alicyclic amines) is 1. The number of aryl methyl sites for hydroxylation is 1. The van der Waals surface area contributed by atoms with Gasteiger partial charge in [-0.3, -0.25) is 9.69 Å². The van der Waals surface area contributed by atoms with Crippen LogP contribution in [0.2, 0.25) is 0 Å². The molecule has 196 valence electrons. The van der Waals surface area contributed by atoms with Gasteiger partial charge in [0.25, 0.3) is 0 Å². The summed E-state index contributed by atoms with van der Waals surface area (Å²) < 4.78 is 24.3. The first-order valence-corrected chi connectivity index (χ1v) is 12.9. The lowest BCUT2D eigenvalue weighted by Gasteiger charge is -2.30. The lowest BCUT2D eigenvalue weighted by molar-refractivity contribution is -0.127. The second-order valence-corrected chi connectivity index (χ2v) is 9.73. The number of halogens is 1. The Balaban J connectivity index is 1.08. The molecule has 2 heterocycles. The standard InChI is InChI=1S/C30H31FN4O3/c1-21-4-10-24(11-5-21)29-33-28(38-34-29)19-35-16-2-3-25(18-35)30(36)32-17-22-8-14-27(15-9-22)37-20-23-6-12-26(31)13-7-23/h4-15,25H,2-3,16-20H2,1H3,(H,32,36). The Morgan fingerprint density at radius 2 is 1.79 bits per heavy atom. The molecule has 1 N–H and O–H groups in total. The molecule has 1 unspecified atom stereocenters. The molecule has 0 radical (unpaired) electrons. The number of nitrogens with zero attached hydrogens (tertiary/aromatic N) is 3. The van der Waals surface area contributed by atoms with Crippen molar-refractivity contribution in [2.45, 2.75) is 39.5 Å². The van der Waals surface area contributed by atoms with Crippen molar-refractivity contribution >= 4 is 5.91 Å². The Labute approximate surface area is 221 Å². The number of hydrogen-bond acceptors (Lipinski definition) is 6. The Kier molecular flexibility index (Phi) is 8.09. The lowest BCUT2D eigenvalue weighted by Crippen LogP contribution is -2.42. The molecule has 0 aliphatic carbocycles. The van der Waals surface area contributed by atoms with Gasteiger partial charge in [0.1, 0.15) is 18.2 Å². The number of piperidine rings is 1. The fourth-order valence-electron chi connectivity index (χ4n) is 4.53. The molecule has 3 aromatic carbocycles. The van der Waals surface area contributed by atoms with E-state index >= 15 is 0 Å². The van der Waals surface area contributed by atoms with E-state index in [1.807, 2.05) is 55.5 Å². The van der Waals surface area contributed by atoms with Crippen molar-refractivity contribution in [3.05, 3.63) is 101 Å². The number of amides is 1. The molecule has 8 heteroatoms. The molecular weight excluding hydrogens is 483 g/mol. The maximum Gasteiger partial charge on any atom is 0.241 e. The molecule has 1 aliphatic rings. The summed E-state index contributed by atoms with van der Waals surface area (Å²) in [5.74, 6) is 1.57. The van der Waals surface area contributed by atoms with E-state index in [4.69, 9.17) is 9.26 Å². The molecular formula is C30H31FN4O3. The number of carbonyl (C=O) groups is 1. The summed E-state index contributed by atoms with van der Waals surface area (Å²) in [5, 5.41) is 7.19. The van der Waals surface area contributed by atoms with Crippen LogP contribution in [0.25, 0.3) is 11.4 Å². The molecule has 1 saturated heterocycles. The van der Waals surface area contributed by atoms with Gasteiger partial charge in [-0.1, -0.05) is 59.3 Å². The van der Waals surface area contributed by atoms with Gasteiger partial charge >= 0.3 is 0 Å². The van der Waals surface area contributed by atoms with Crippen molar-refractivity contribution in [1.29, 1.82) is 0 Å². The van der Waals surface area contributed by atoms with Gasteiger partial charge in [0.05, 0.1) is 12.5 Å². The first kappa shape index (κ1) is 25.6. The highest BCUT2D eigenvalue weighted by atomic mass is 19.1. The third-order valence-electron chi connectivity index (χ3n) is 6.72. The smallest absolute Gasteiger partial charge is 0.241 e. The number of benzene rings is 3. The summed E-state index contributed by atoms with van der Waals surface area (Å²) in [6.07, 6.45) is 1.80. The van der Waals surface area contributed by atoms with Gasteiger partial charge in [-0.2, -0.15) is 4.98 Å². The van der Waals surface area contributed by atoms with Crippen LogP contribution in [0.1, 0.15) is 35.4 Å². The zero-order valence-electron chi connectivity index (χ0n) is 21.4. The first-order chi connectivity index (χ1) is 18.5. The van der Waals surface area contributed by atoms with Gasteiger partial charge in [-0.25, -0.2) is 4.39 Å². The molecule has 1 aliphatic heterocycles. The molecule has 0 bridgehead atoms. The average molecular weight is 515 g/mol. The third kappa shape index (κ3) is 6.83. The van der Waals surface area contributed by atoms with Crippen LogP contribution in [0.15, 0.2) is 77.3 Å². The lowest BCUT2D eigenvalue weighted by atomic mass is 9.97. The molecule has 1 amide bonds. The SMILES string of the molecule is Cc1ccc(-c2noc(CN3CCCC(C(=O)NCc4ccc(OCc5ccc(F)cc5)cc4)C3)n2)cc1. The Hall–Kier alpha value is -4.04. The predicted octanol–water partition coefficient (Wildman–Crippen LogP) is 5.29. The summed E-state index contributed by atoms with van der Waals surface area (Å²) in [5.41, 5.74) is 4.00. The van der Waals surface area contributed by atoms with Crippen molar-refractivity contribution in [2.24, 2.45) is 5.92 Å². The minimum absolute atomic E-state index is 0.0530. The van der Waals surface area contributed by atoms with E-state index in [2.05, 4.69) is 20.4 Å². The number of nitrogens with one attached hydrogen (secondary N) is 1. The van der Waals surface area contributed by atoms with Gasteiger partial charge in [0.2, 0.25) is 17.6 Å². The topological polar surface area (TPSA) is 80.5 Å². The Morgan fingerprint density at radius 3 is 2.55 bits per heavy atom. The number of rotatable bonds is 9. The average Bonchev–Trinajstić information content (AvgIpc) is 3.41. The Morgan fingerprint density at radius 1 is 1.05 bits per heavy atom. The zero-order valence-corrected chi connectivity index (χ0v) is 21.4. The highest BCUT2D eigenvalue weighted by Gasteiger charge is 2.26. The van der Waals surface area contributed by atoms with E-state index in [0.29, 0.717) is 38.0 Å². The van der Waals surface area contributed by atoms with Gasteiger partial charge in [0, 0.05) is 18.7 Å². The maximum atomic E-state index is 13.0. The minimum Gasteiger partial charge on any atom is -0.489 e. The summed E-state index contributed by atoms with van der Waals surface area (Å²) in [4.78, 5) is 19.6. The second kappa shape index (κ2) is 12.0. The van der Waals surface area contributed by atoms with Crippen LogP contribution in [0, 0.1) is 18.7 Å². The molecule has 0 spiro atoms. The highest BCUT2D eigenvalue weighted by Crippen LogP contribution is 2.21. The molecule has 7 nitrogen and oxygen atoms in total. The van der Waals surface area contributed by atoms with Crippen LogP contribution < -0.4 is 10.1 Å². The van der Waals surface area contributed by atoms with Crippen LogP contribution in [-0.2, 0) is 24.5 Å².